The number of rotatable bonds is 6. The number of ketones is 1. The number of carbonyl (C=O) groups is 1. The molecule has 0 unspecified atom stereocenters. The zero-order valence-corrected chi connectivity index (χ0v) is 12.6. The first-order valence-electron chi connectivity index (χ1n) is 6.47. The molecule has 1 aliphatic carbocycles. The maximum Gasteiger partial charge on any atom is 0.182 e. The number of nitrogens with zero attached hydrogens (tertiary/aromatic N) is 3. The molecule has 18 heavy (non-hydrogen) atoms. The van der Waals surface area contributed by atoms with E-state index in [9.17, 15) is 4.79 Å². The predicted octanol–water partition coefficient (Wildman–Crippen LogP) is 2.58. The van der Waals surface area contributed by atoms with Crippen molar-refractivity contribution in [2.24, 2.45) is 5.92 Å². The Morgan fingerprint density at radius 3 is 2.83 bits per heavy atom. The average molecular weight is 314 g/mol. The Bertz CT molecular complexity index is 424. The van der Waals surface area contributed by atoms with Crippen molar-refractivity contribution in [3.8, 4) is 0 Å². The molecule has 0 atom stereocenters. The van der Waals surface area contributed by atoms with Gasteiger partial charge in [-0.05, 0) is 35.9 Å². The second-order valence-corrected chi connectivity index (χ2v) is 6.15. The number of aromatic nitrogens is 2. The van der Waals surface area contributed by atoms with E-state index >= 15 is 0 Å². The topological polar surface area (TPSA) is 38.1 Å². The van der Waals surface area contributed by atoms with Gasteiger partial charge in [-0.1, -0.05) is 19.3 Å². The van der Waals surface area contributed by atoms with Crippen molar-refractivity contribution in [1.29, 1.82) is 0 Å². The smallest absolute Gasteiger partial charge is 0.182 e. The largest absolute Gasteiger partial charge is 0.308 e. The number of hydrogen-bond donors (Lipinski definition) is 0. The van der Waals surface area contributed by atoms with E-state index in [0.29, 0.717) is 12.3 Å². The number of halogens is 1. The highest BCUT2D eigenvalue weighted by atomic mass is 79.9. The number of Topliss-reactive ketones (excluding diaryl/α,β-unsaturated/α-hetero) is 1. The van der Waals surface area contributed by atoms with E-state index < -0.39 is 0 Å². The summed E-state index contributed by atoms with van der Waals surface area (Å²) in [5.74, 6) is 0.824. The molecule has 0 amide bonds. The molecule has 0 aromatic carbocycles. The van der Waals surface area contributed by atoms with Crippen LogP contribution in [-0.4, -0.2) is 41.1 Å². The highest BCUT2D eigenvalue weighted by Gasteiger charge is 2.24. The quantitative estimate of drug-likeness (QED) is 0.758. The van der Waals surface area contributed by atoms with E-state index in [1.807, 2.05) is 18.8 Å². The monoisotopic (exact) mass is 313 g/mol. The normalized spacial score (nSPS) is 16.0. The van der Waals surface area contributed by atoms with Gasteiger partial charge in [-0.15, -0.1) is 0 Å². The van der Waals surface area contributed by atoms with Crippen LogP contribution in [0.1, 0.15) is 36.2 Å². The van der Waals surface area contributed by atoms with Crippen LogP contribution in [0.3, 0.4) is 0 Å². The van der Waals surface area contributed by atoms with Crippen LogP contribution in [-0.2, 0) is 6.54 Å². The fourth-order valence-electron chi connectivity index (χ4n) is 2.16. The lowest BCUT2D eigenvalue weighted by Crippen LogP contribution is -2.23. The second kappa shape index (κ2) is 5.97. The van der Waals surface area contributed by atoms with Gasteiger partial charge in [-0.3, -0.25) is 9.48 Å². The van der Waals surface area contributed by atoms with Gasteiger partial charge in [-0.2, -0.15) is 5.10 Å². The van der Waals surface area contributed by atoms with Crippen molar-refractivity contribution in [2.45, 2.75) is 32.2 Å². The molecule has 100 valence electrons. The number of likely N-dealkylation sites (N-methyl/N-ethyl adjacent to an activating group) is 1. The minimum Gasteiger partial charge on any atom is -0.308 e. The van der Waals surface area contributed by atoms with Gasteiger partial charge in [0, 0.05) is 13.0 Å². The average Bonchev–Trinajstić information content (AvgIpc) is 2.62. The highest BCUT2D eigenvalue weighted by Crippen LogP contribution is 2.31. The van der Waals surface area contributed by atoms with Gasteiger partial charge in [0.15, 0.2) is 5.78 Å². The second-order valence-electron chi connectivity index (χ2n) is 5.29. The summed E-state index contributed by atoms with van der Waals surface area (Å²) in [6, 6.07) is 0. The molecule has 1 aromatic rings. The lowest BCUT2D eigenvalue weighted by molar-refractivity contribution is 0.0924. The third kappa shape index (κ3) is 3.20. The van der Waals surface area contributed by atoms with Gasteiger partial charge in [0.05, 0.1) is 17.2 Å². The minimum atomic E-state index is 0.225. The molecule has 1 saturated carbocycles. The molecule has 0 bridgehead atoms. The number of carbonyl (C=O) groups excluding carboxylic acids is 1. The molecule has 0 spiro atoms. The molecule has 1 aliphatic rings. The van der Waals surface area contributed by atoms with E-state index in [-0.39, 0.29) is 5.78 Å². The van der Waals surface area contributed by atoms with Crippen LogP contribution < -0.4 is 0 Å². The third-order valence-corrected chi connectivity index (χ3v) is 4.10. The molecular weight excluding hydrogens is 294 g/mol. The Kier molecular flexibility index (Phi) is 4.56. The molecule has 0 N–H and O–H groups in total. The van der Waals surface area contributed by atoms with Gasteiger partial charge < -0.3 is 4.90 Å². The van der Waals surface area contributed by atoms with Crippen molar-refractivity contribution < 1.29 is 4.79 Å². The molecule has 4 nitrogen and oxygen atoms in total. The summed E-state index contributed by atoms with van der Waals surface area (Å²) in [4.78, 5) is 14.4. The van der Waals surface area contributed by atoms with Gasteiger partial charge in [0.25, 0.3) is 0 Å². The van der Waals surface area contributed by atoms with Crippen LogP contribution in [0.15, 0.2) is 10.7 Å². The van der Waals surface area contributed by atoms with Gasteiger partial charge in [0.2, 0.25) is 0 Å². The van der Waals surface area contributed by atoms with Crippen LogP contribution in [0.2, 0.25) is 0 Å². The fourth-order valence-corrected chi connectivity index (χ4v) is 2.68. The standard InChI is InChI=1S/C13H20BrN3O/c1-16(2)6-7-17-13(11(14)9-15-17)12(18)8-10-4-3-5-10/h9-10H,3-8H2,1-2H3. The fraction of sp³-hybridized carbons (Fsp3) is 0.692. The van der Waals surface area contributed by atoms with Crippen molar-refractivity contribution in [3.63, 3.8) is 0 Å². The molecule has 2 rings (SSSR count). The van der Waals surface area contributed by atoms with Crippen molar-refractivity contribution in [1.82, 2.24) is 14.7 Å². The molecule has 1 heterocycles. The summed E-state index contributed by atoms with van der Waals surface area (Å²) < 4.78 is 2.65. The summed E-state index contributed by atoms with van der Waals surface area (Å²) in [6.07, 6.45) is 6.08. The number of hydrogen-bond acceptors (Lipinski definition) is 3. The zero-order chi connectivity index (χ0) is 13.1. The Labute approximate surface area is 116 Å². The Morgan fingerprint density at radius 1 is 1.56 bits per heavy atom. The molecule has 0 radical (unpaired) electrons. The Hall–Kier alpha value is -0.680. The Balaban J connectivity index is 2.04. The van der Waals surface area contributed by atoms with E-state index in [2.05, 4.69) is 25.9 Å². The van der Waals surface area contributed by atoms with E-state index in [0.717, 1.165) is 23.3 Å². The van der Waals surface area contributed by atoms with Crippen LogP contribution in [0, 0.1) is 5.92 Å². The Morgan fingerprint density at radius 2 is 2.28 bits per heavy atom. The highest BCUT2D eigenvalue weighted by molar-refractivity contribution is 9.10. The van der Waals surface area contributed by atoms with Gasteiger partial charge in [0.1, 0.15) is 5.69 Å². The van der Waals surface area contributed by atoms with E-state index in [1.165, 1.54) is 19.3 Å². The first kappa shape index (κ1) is 13.7. The summed E-state index contributed by atoms with van der Waals surface area (Å²) in [6.45, 7) is 1.64. The van der Waals surface area contributed by atoms with Crippen LogP contribution in [0.4, 0.5) is 0 Å². The SMILES string of the molecule is CN(C)CCn1ncc(Br)c1C(=O)CC1CCC1. The molecule has 0 saturated heterocycles. The van der Waals surface area contributed by atoms with Crippen molar-refractivity contribution in [3.05, 3.63) is 16.4 Å². The summed E-state index contributed by atoms with van der Waals surface area (Å²) in [5.41, 5.74) is 0.740. The first-order chi connectivity index (χ1) is 8.58. The lowest BCUT2D eigenvalue weighted by Gasteiger charge is -2.24. The summed E-state index contributed by atoms with van der Waals surface area (Å²) in [5, 5.41) is 4.28. The molecule has 1 fully saturated rings. The maximum atomic E-state index is 12.3. The van der Waals surface area contributed by atoms with Gasteiger partial charge >= 0.3 is 0 Å². The lowest BCUT2D eigenvalue weighted by atomic mass is 9.81. The van der Waals surface area contributed by atoms with E-state index in [4.69, 9.17) is 0 Å². The summed E-state index contributed by atoms with van der Waals surface area (Å²) >= 11 is 3.44. The maximum absolute atomic E-state index is 12.3. The molecular formula is C13H20BrN3O. The molecule has 5 heteroatoms. The van der Waals surface area contributed by atoms with E-state index in [1.54, 1.807) is 6.20 Å². The predicted molar refractivity (Wildman–Crippen MR) is 74.8 cm³/mol. The van der Waals surface area contributed by atoms with Gasteiger partial charge in [-0.25, -0.2) is 0 Å². The van der Waals surface area contributed by atoms with Crippen LogP contribution in [0.5, 0.6) is 0 Å². The van der Waals surface area contributed by atoms with Crippen LogP contribution in [0.25, 0.3) is 0 Å². The first-order valence-corrected chi connectivity index (χ1v) is 7.26. The minimum absolute atomic E-state index is 0.225. The van der Waals surface area contributed by atoms with Crippen LogP contribution >= 0.6 is 15.9 Å². The third-order valence-electron chi connectivity index (χ3n) is 3.52. The molecule has 1 aromatic heterocycles. The van der Waals surface area contributed by atoms with Crippen molar-refractivity contribution in [2.75, 3.05) is 20.6 Å². The summed E-state index contributed by atoms with van der Waals surface area (Å²) in [7, 11) is 4.04. The molecule has 0 aliphatic heterocycles. The van der Waals surface area contributed by atoms with Crippen molar-refractivity contribution >= 4 is 21.7 Å². The zero-order valence-electron chi connectivity index (χ0n) is 11.0.